The molecule has 5 nitrogen and oxygen atoms in total. The number of nitrogens with zero attached hydrogens (tertiary/aromatic N) is 3. The van der Waals surface area contributed by atoms with E-state index in [4.69, 9.17) is 14.5 Å². The summed E-state index contributed by atoms with van der Waals surface area (Å²) in [6, 6.07) is 9.91. The Balaban J connectivity index is 1.92. The molecule has 2 unspecified atom stereocenters. The monoisotopic (exact) mass is 283 g/mol. The summed E-state index contributed by atoms with van der Waals surface area (Å²) in [5, 5.41) is 13.2. The fourth-order valence-corrected chi connectivity index (χ4v) is 2.74. The molecule has 0 bridgehead atoms. The first-order chi connectivity index (χ1) is 10.1. The first-order valence-corrected chi connectivity index (χ1v) is 7.05. The molecular formula is C16H17N3O2. The lowest BCUT2D eigenvalue weighted by molar-refractivity contribution is 0.340. The van der Waals surface area contributed by atoms with Crippen LogP contribution in [-0.4, -0.2) is 16.7 Å². The Kier molecular flexibility index (Phi) is 3.17. The highest BCUT2D eigenvalue weighted by Gasteiger charge is 2.62. The lowest BCUT2D eigenvalue weighted by Crippen LogP contribution is -1.95. The normalized spacial score (nSPS) is 22.6. The molecule has 0 radical (unpaired) electrons. The van der Waals surface area contributed by atoms with Crippen molar-refractivity contribution in [2.75, 3.05) is 6.61 Å². The number of rotatable bonds is 4. The van der Waals surface area contributed by atoms with E-state index in [0.29, 0.717) is 18.3 Å². The maximum atomic E-state index is 9.15. The maximum absolute atomic E-state index is 9.15. The molecule has 3 rings (SSSR count). The van der Waals surface area contributed by atoms with Gasteiger partial charge in [0.05, 0.1) is 30.1 Å². The predicted molar refractivity (Wildman–Crippen MR) is 76.5 cm³/mol. The summed E-state index contributed by atoms with van der Waals surface area (Å²) >= 11 is 0. The van der Waals surface area contributed by atoms with Crippen LogP contribution < -0.4 is 4.74 Å². The first kappa shape index (κ1) is 13.6. The molecule has 2 aromatic rings. The smallest absolute Gasteiger partial charge is 0.232 e. The summed E-state index contributed by atoms with van der Waals surface area (Å²) < 4.78 is 11.0. The van der Waals surface area contributed by atoms with Crippen LogP contribution in [0.2, 0.25) is 0 Å². The van der Waals surface area contributed by atoms with Crippen LogP contribution in [0.4, 0.5) is 0 Å². The molecule has 1 aliphatic rings. The van der Waals surface area contributed by atoms with Gasteiger partial charge in [-0.05, 0) is 24.5 Å². The van der Waals surface area contributed by atoms with Crippen LogP contribution in [0.1, 0.15) is 32.6 Å². The second kappa shape index (κ2) is 4.88. The Morgan fingerprint density at radius 3 is 2.81 bits per heavy atom. The molecule has 0 saturated heterocycles. The van der Waals surface area contributed by atoms with Gasteiger partial charge < -0.3 is 9.26 Å². The minimum absolute atomic E-state index is 0.0167. The molecule has 0 aliphatic heterocycles. The van der Waals surface area contributed by atoms with Crippen LogP contribution >= 0.6 is 0 Å². The van der Waals surface area contributed by atoms with Gasteiger partial charge in [-0.1, -0.05) is 31.1 Å². The van der Waals surface area contributed by atoms with Crippen LogP contribution in [0, 0.1) is 22.7 Å². The van der Waals surface area contributed by atoms with E-state index < -0.39 is 0 Å². The SMILES string of the molecule is CCOc1ccccc1-c1noc(C2C(C#N)C2(C)C)n1. The Morgan fingerprint density at radius 2 is 2.14 bits per heavy atom. The molecule has 1 heterocycles. The Morgan fingerprint density at radius 1 is 1.38 bits per heavy atom. The molecule has 0 amide bonds. The third-order valence-electron chi connectivity index (χ3n) is 4.10. The van der Waals surface area contributed by atoms with Crippen molar-refractivity contribution < 1.29 is 9.26 Å². The number of hydrogen-bond acceptors (Lipinski definition) is 5. The largest absolute Gasteiger partial charge is 0.493 e. The number of para-hydroxylation sites is 1. The van der Waals surface area contributed by atoms with Gasteiger partial charge in [0.25, 0.3) is 0 Å². The summed E-state index contributed by atoms with van der Waals surface area (Å²) in [6.45, 7) is 6.60. The van der Waals surface area contributed by atoms with Crippen molar-refractivity contribution in [2.24, 2.45) is 11.3 Å². The van der Waals surface area contributed by atoms with Gasteiger partial charge >= 0.3 is 0 Å². The minimum Gasteiger partial charge on any atom is -0.493 e. The third-order valence-corrected chi connectivity index (χ3v) is 4.10. The van der Waals surface area contributed by atoms with Gasteiger partial charge in [0.2, 0.25) is 11.7 Å². The summed E-state index contributed by atoms with van der Waals surface area (Å²) in [7, 11) is 0. The zero-order valence-corrected chi connectivity index (χ0v) is 12.3. The first-order valence-electron chi connectivity index (χ1n) is 7.05. The summed E-state index contributed by atoms with van der Waals surface area (Å²) in [5.74, 6) is 1.73. The molecule has 1 fully saturated rings. The molecule has 2 atom stereocenters. The lowest BCUT2D eigenvalue weighted by Gasteiger charge is -2.06. The van der Waals surface area contributed by atoms with E-state index in [1.54, 1.807) is 0 Å². The van der Waals surface area contributed by atoms with Gasteiger partial charge in [-0.3, -0.25) is 0 Å². The van der Waals surface area contributed by atoms with Gasteiger partial charge in [-0.15, -0.1) is 0 Å². The van der Waals surface area contributed by atoms with Crippen LogP contribution in [0.5, 0.6) is 5.75 Å². The molecule has 1 aromatic heterocycles. The van der Waals surface area contributed by atoms with Crippen molar-refractivity contribution in [3.8, 4) is 23.2 Å². The zero-order chi connectivity index (χ0) is 15.0. The Bertz CT molecular complexity index is 700. The highest BCUT2D eigenvalue weighted by molar-refractivity contribution is 5.63. The fraction of sp³-hybridized carbons (Fsp3) is 0.438. The molecular weight excluding hydrogens is 266 g/mol. The van der Waals surface area contributed by atoms with E-state index in [1.807, 2.05) is 45.0 Å². The molecule has 21 heavy (non-hydrogen) atoms. The fourth-order valence-electron chi connectivity index (χ4n) is 2.74. The lowest BCUT2D eigenvalue weighted by atomic mass is 10.1. The van der Waals surface area contributed by atoms with Crippen molar-refractivity contribution in [2.45, 2.75) is 26.7 Å². The van der Waals surface area contributed by atoms with Gasteiger partial charge in [-0.25, -0.2) is 0 Å². The molecule has 1 aliphatic carbocycles. The van der Waals surface area contributed by atoms with Crippen molar-refractivity contribution in [1.29, 1.82) is 5.26 Å². The standard InChI is InChI=1S/C16H17N3O2/c1-4-20-12-8-6-5-7-10(12)14-18-15(21-19-14)13-11(9-17)16(13,2)3/h5-8,11,13H,4H2,1-3H3. The van der Waals surface area contributed by atoms with Crippen molar-refractivity contribution in [3.05, 3.63) is 30.2 Å². The predicted octanol–water partition coefficient (Wildman–Crippen LogP) is 3.40. The molecule has 0 spiro atoms. The Hall–Kier alpha value is -2.35. The van der Waals surface area contributed by atoms with Crippen molar-refractivity contribution >= 4 is 0 Å². The van der Waals surface area contributed by atoms with Crippen LogP contribution in [0.15, 0.2) is 28.8 Å². The van der Waals surface area contributed by atoms with Gasteiger partial charge in [0, 0.05) is 0 Å². The van der Waals surface area contributed by atoms with Crippen LogP contribution in [0.25, 0.3) is 11.4 Å². The molecule has 108 valence electrons. The quantitative estimate of drug-likeness (QED) is 0.859. The number of hydrogen-bond donors (Lipinski definition) is 0. The highest BCUT2D eigenvalue weighted by Crippen LogP contribution is 2.63. The van der Waals surface area contributed by atoms with Gasteiger partial charge in [0.15, 0.2) is 0 Å². The summed E-state index contributed by atoms with van der Waals surface area (Å²) in [5.41, 5.74) is 0.708. The number of aromatic nitrogens is 2. The van der Waals surface area contributed by atoms with Gasteiger partial charge in [-0.2, -0.15) is 10.2 Å². The zero-order valence-electron chi connectivity index (χ0n) is 12.3. The average Bonchev–Trinajstić information content (AvgIpc) is 2.83. The van der Waals surface area contributed by atoms with E-state index in [0.717, 1.165) is 11.3 Å². The van der Waals surface area contributed by atoms with Gasteiger partial charge in [0.1, 0.15) is 5.75 Å². The van der Waals surface area contributed by atoms with Crippen LogP contribution in [0.3, 0.4) is 0 Å². The second-order valence-corrected chi connectivity index (χ2v) is 5.79. The number of nitriles is 1. The van der Waals surface area contributed by atoms with Crippen molar-refractivity contribution in [1.82, 2.24) is 10.1 Å². The minimum atomic E-state index is -0.0992. The average molecular weight is 283 g/mol. The topological polar surface area (TPSA) is 71.9 Å². The third kappa shape index (κ3) is 2.17. The van der Waals surface area contributed by atoms with Crippen LogP contribution in [-0.2, 0) is 0 Å². The van der Waals surface area contributed by atoms with E-state index >= 15 is 0 Å². The number of benzene rings is 1. The number of ether oxygens (including phenoxy) is 1. The van der Waals surface area contributed by atoms with Crippen molar-refractivity contribution in [3.63, 3.8) is 0 Å². The molecule has 1 saturated carbocycles. The molecule has 0 N–H and O–H groups in total. The highest BCUT2D eigenvalue weighted by atomic mass is 16.5. The van der Waals surface area contributed by atoms with E-state index in [-0.39, 0.29) is 17.3 Å². The Labute approximate surface area is 123 Å². The molecule has 1 aromatic carbocycles. The van der Waals surface area contributed by atoms with E-state index in [2.05, 4.69) is 16.2 Å². The summed E-state index contributed by atoms with van der Waals surface area (Å²) in [6.07, 6.45) is 0. The maximum Gasteiger partial charge on any atom is 0.232 e. The summed E-state index contributed by atoms with van der Waals surface area (Å²) in [4.78, 5) is 4.47. The van der Waals surface area contributed by atoms with E-state index in [9.17, 15) is 0 Å². The molecule has 5 heteroatoms. The second-order valence-electron chi connectivity index (χ2n) is 5.79. The van der Waals surface area contributed by atoms with E-state index in [1.165, 1.54) is 0 Å².